The van der Waals surface area contributed by atoms with Crippen LogP contribution in [0.1, 0.15) is 38.3 Å². The summed E-state index contributed by atoms with van der Waals surface area (Å²) in [7, 11) is 7.96. The van der Waals surface area contributed by atoms with Gasteiger partial charge in [0.05, 0.1) is 34.5 Å². The standard InChI is InChI=1S/C27H34O8Si/c1-27(2,3)36-35-21-14-18(28)24(17-12-22(31-6)26(33-8)23(13-17)32-7)25(21)16-9-10-19(30-5)20(11-16)34-15-29-4/h9-13,21H,14-15H2,1-8H3. The van der Waals surface area contributed by atoms with Crippen LogP contribution in [0.2, 0.25) is 5.04 Å². The number of methoxy groups -OCH3 is 5. The highest BCUT2D eigenvalue weighted by Crippen LogP contribution is 2.46. The van der Waals surface area contributed by atoms with Gasteiger partial charge in [0.2, 0.25) is 15.5 Å². The molecule has 0 heterocycles. The second-order valence-electron chi connectivity index (χ2n) is 9.21. The Morgan fingerprint density at radius 2 is 1.44 bits per heavy atom. The van der Waals surface area contributed by atoms with Gasteiger partial charge in [-0.25, -0.2) is 0 Å². The van der Waals surface area contributed by atoms with Gasteiger partial charge in [-0.2, -0.15) is 0 Å². The molecule has 0 saturated heterocycles. The van der Waals surface area contributed by atoms with Gasteiger partial charge in [-0.1, -0.05) is 26.8 Å². The van der Waals surface area contributed by atoms with Gasteiger partial charge in [-0.3, -0.25) is 4.79 Å². The number of ketones is 1. The van der Waals surface area contributed by atoms with E-state index in [2.05, 4.69) is 20.8 Å². The van der Waals surface area contributed by atoms with E-state index in [0.29, 0.717) is 39.9 Å². The molecule has 36 heavy (non-hydrogen) atoms. The molecule has 3 rings (SSSR count). The van der Waals surface area contributed by atoms with Crippen molar-refractivity contribution in [2.45, 2.75) is 38.3 Å². The van der Waals surface area contributed by atoms with Crippen LogP contribution < -0.4 is 23.7 Å². The Morgan fingerprint density at radius 1 is 0.833 bits per heavy atom. The highest BCUT2D eigenvalue weighted by atomic mass is 28.2. The van der Waals surface area contributed by atoms with Crippen molar-refractivity contribution in [1.29, 1.82) is 0 Å². The molecule has 9 heteroatoms. The number of hydrogen-bond acceptors (Lipinski definition) is 8. The lowest BCUT2D eigenvalue weighted by Crippen LogP contribution is -2.21. The molecule has 1 atom stereocenters. The first-order valence-electron chi connectivity index (χ1n) is 11.5. The molecule has 0 saturated carbocycles. The van der Waals surface area contributed by atoms with E-state index < -0.39 is 6.10 Å². The number of carbonyl (C=O) groups is 1. The largest absolute Gasteiger partial charge is 0.493 e. The summed E-state index contributed by atoms with van der Waals surface area (Å²) in [6.45, 7) is 6.38. The number of rotatable bonds is 11. The van der Waals surface area contributed by atoms with Crippen molar-refractivity contribution >= 4 is 26.7 Å². The highest BCUT2D eigenvalue weighted by Gasteiger charge is 2.36. The molecule has 0 bridgehead atoms. The van der Waals surface area contributed by atoms with Crippen molar-refractivity contribution in [2.75, 3.05) is 42.3 Å². The lowest BCUT2D eigenvalue weighted by molar-refractivity contribution is -0.114. The number of allylic oxidation sites excluding steroid dienone is 1. The molecule has 0 fully saturated rings. The van der Waals surface area contributed by atoms with Gasteiger partial charge in [-0.05, 0) is 46.0 Å². The lowest BCUT2D eigenvalue weighted by Gasteiger charge is -2.23. The van der Waals surface area contributed by atoms with Gasteiger partial charge in [0.1, 0.15) is 0 Å². The molecule has 1 aliphatic carbocycles. The monoisotopic (exact) mass is 514 g/mol. The molecule has 8 nitrogen and oxygen atoms in total. The topological polar surface area (TPSA) is 81.7 Å². The van der Waals surface area contributed by atoms with Crippen LogP contribution in [0.5, 0.6) is 28.7 Å². The molecular weight excluding hydrogens is 480 g/mol. The molecule has 1 aliphatic rings. The van der Waals surface area contributed by atoms with Crippen LogP contribution in [0.4, 0.5) is 0 Å². The minimum atomic E-state index is -0.423. The fourth-order valence-electron chi connectivity index (χ4n) is 3.98. The fraction of sp³-hybridized carbons (Fsp3) is 0.444. The average Bonchev–Trinajstić information content (AvgIpc) is 3.20. The summed E-state index contributed by atoms with van der Waals surface area (Å²) in [5.41, 5.74) is 2.77. The van der Waals surface area contributed by atoms with E-state index in [1.807, 2.05) is 18.2 Å². The fourth-order valence-corrected chi connectivity index (χ4v) is 4.68. The summed E-state index contributed by atoms with van der Waals surface area (Å²) in [4.78, 5) is 13.5. The second kappa shape index (κ2) is 11.8. The van der Waals surface area contributed by atoms with Crippen molar-refractivity contribution in [3.63, 3.8) is 0 Å². The first-order valence-corrected chi connectivity index (χ1v) is 12.4. The molecule has 0 aromatic heterocycles. The van der Waals surface area contributed by atoms with Crippen LogP contribution in [-0.4, -0.2) is 64.0 Å². The molecule has 194 valence electrons. The maximum absolute atomic E-state index is 13.5. The molecule has 0 N–H and O–H groups in total. The van der Waals surface area contributed by atoms with Crippen molar-refractivity contribution in [1.82, 2.24) is 0 Å². The first kappa shape index (κ1) is 27.6. The van der Waals surface area contributed by atoms with Gasteiger partial charge >= 0.3 is 0 Å². The quantitative estimate of drug-likeness (QED) is 0.312. The maximum Gasteiger partial charge on any atom is 0.236 e. The van der Waals surface area contributed by atoms with Crippen LogP contribution in [0.3, 0.4) is 0 Å². The maximum atomic E-state index is 13.5. The Morgan fingerprint density at radius 3 is 1.97 bits per heavy atom. The third kappa shape index (κ3) is 6.03. The van der Waals surface area contributed by atoms with E-state index in [0.717, 1.165) is 11.1 Å². The molecule has 2 aromatic carbocycles. The predicted molar refractivity (Wildman–Crippen MR) is 138 cm³/mol. The Kier molecular flexibility index (Phi) is 9.05. The number of ether oxygens (including phenoxy) is 6. The summed E-state index contributed by atoms with van der Waals surface area (Å²) in [6.07, 6.45) is -0.196. The Bertz CT molecular complexity index is 1090. The zero-order valence-electron chi connectivity index (χ0n) is 22.1. The van der Waals surface area contributed by atoms with Gasteiger partial charge in [0.25, 0.3) is 0 Å². The lowest BCUT2D eigenvalue weighted by atomic mass is 9.95. The van der Waals surface area contributed by atoms with Gasteiger partial charge in [-0.15, -0.1) is 0 Å². The van der Waals surface area contributed by atoms with Crippen LogP contribution in [0.25, 0.3) is 11.1 Å². The minimum absolute atomic E-state index is 0.0295. The van der Waals surface area contributed by atoms with E-state index in [4.69, 9.17) is 32.8 Å². The van der Waals surface area contributed by atoms with E-state index in [1.54, 1.807) is 47.7 Å². The molecular formula is C27H34O8Si. The highest BCUT2D eigenvalue weighted by molar-refractivity contribution is 6.35. The summed E-state index contributed by atoms with van der Waals surface area (Å²) < 4.78 is 39.2. The zero-order valence-corrected chi connectivity index (χ0v) is 23.1. The Hall–Kier alpha value is -3.01. The van der Waals surface area contributed by atoms with Crippen LogP contribution >= 0.6 is 0 Å². The number of benzene rings is 2. The van der Waals surface area contributed by atoms with Crippen molar-refractivity contribution < 1.29 is 37.6 Å². The summed E-state index contributed by atoms with van der Waals surface area (Å²) >= 11 is 0. The molecule has 2 radical (unpaired) electrons. The number of carbonyl (C=O) groups excluding carboxylic acids is 1. The van der Waals surface area contributed by atoms with Crippen LogP contribution in [-0.2, 0) is 14.0 Å². The van der Waals surface area contributed by atoms with Gasteiger partial charge in [0, 0.05) is 19.1 Å². The zero-order chi connectivity index (χ0) is 26.5. The first-order chi connectivity index (χ1) is 17.2. The molecule has 0 spiro atoms. The Balaban J connectivity index is 2.24. The minimum Gasteiger partial charge on any atom is -0.493 e. The second-order valence-corrected chi connectivity index (χ2v) is 11.1. The van der Waals surface area contributed by atoms with Crippen LogP contribution in [0, 0.1) is 0 Å². The van der Waals surface area contributed by atoms with E-state index >= 15 is 0 Å². The number of Topliss-reactive ketones (excluding diaryl/α,β-unsaturated/α-hetero) is 1. The molecule has 1 unspecified atom stereocenters. The summed E-state index contributed by atoms with van der Waals surface area (Å²) in [5, 5.41) is -0.0455. The summed E-state index contributed by atoms with van der Waals surface area (Å²) in [6, 6.07) is 9.14. The normalized spacial score (nSPS) is 15.8. The third-order valence-corrected chi connectivity index (χ3v) is 6.52. The van der Waals surface area contributed by atoms with Crippen LogP contribution in [0.15, 0.2) is 30.3 Å². The smallest absolute Gasteiger partial charge is 0.236 e. The SMILES string of the molecule is COCOc1cc(C2=C(c3cc(OC)c(OC)c(OC)c3)C(=O)CC2O[Si]C(C)(C)C)ccc1OC. The van der Waals surface area contributed by atoms with Crippen molar-refractivity contribution in [3.8, 4) is 28.7 Å². The van der Waals surface area contributed by atoms with E-state index in [1.165, 1.54) is 0 Å². The predicted octanol–water partition coefficient (Wildman–Crippen LogP) is 4.81. The van der Waals surface area contributed by atoms with Gasteiger partial charge < -0.3 is 32.8 Å². The van der Waals surface area contributed by atoms with Crippen molar-refractivity contribution in [3.05, 3.63) is 41.5 Å². The van der Waals surface area contributed by atoms with Crippen molar-refractivity contribution in [2.24, 2.45) is 0 Å². The number of hydrogen-bond donors (Lipinski definition) is 0. The third-order valence-electron chi connectivity index (χ3n) is 5.51. The van der Waals surface area contributed by atoms with E-state index in [9.17, 15) is 4.79 Å². The average molecular weight is 515 g/mol. The van der Waals surface area contributed by atoms with Gasteiger partial charge in [0.15, 0.2) is 35.6 Å². The summed E-state index contributed by atoms with van der Waals surface area (Å²) in [5.74, 6) is 2.42. The molecule has 0 amide bonds. The Labute approximate surface area is 215 Å². The molecule has 0 aliphatic heterocycles. The molecule has 2 aromatic rings. The van der Waals surface area contributed by atoms with E-state index in [-0.39, 0.29) is 33.8 Å².